The van der Waals surface area contributed by atoms with Crippen LogP contribution >= 0.6 is 0 Å². The van der Waals surface area contributed by atoms with Crippen molar-refractivity contribution in [1.29, 1.82) is 0 Å². The van der Waals surface area contributed by atoms with Crippen LogP contribution in [0.5, 0.6) is 0 Å². The summed E-state index contributed by atoms with van der Waals surface area (Å²) in [4.78, 5) is 31.4. The molecule has 2 aliphatic rings. The van der Waals surface area contributed by atoms with Crippen molar-refractivity contribution in [2.45, 2.75) is 62.8 Å². The van der Waals surface area contributed by atoms with Crippen LogP contribution in [-0.4, -0.2) is 47.4 Å². The molecule has 1 aliphatic heterocycles. The lowest BCUT2D eigenvalue weighted by Gasteiger charge is -2.31. The number of likely N-dealkylation sites (tertiary alicyclic amines) is 1. The predicted molar refractivity (Wildman–Crippen MR) is 125 cm³/mol. The minimum Gasteiger partial charge on any atom is -0.364 e. The molecule has 7 heteroatoms. The van der Waals surface area contributed by atoms with Crippen molar-refractivity contribution >= 4 is 11.8 Å². The number of piperidine rings is 1. The molecule has 0 bridgehead atoms. The number of primary amides is 1. The third-order valence-electron chi connectivity index (χ3n) is 6.83. The summed E-state index contributed by atoms with van der Waals surface area (Å²) in [6, 6.07) is 10.8. The zero-order chi connectivity index (χ0) is 23.2. The average molecular weight is 453 g/mol. The number of benzene rings is 1. The number of hydrogen-bond acceptors (Lipinski definition) is 4. The summed E-state index contributed by atoms with van der Waals surface area (Å²) in [5.41, 5.74) is 7.58. The lowest BCUT2D eigenvalue weighted by molar-refractivity contribution is -0.134. The molecule has 3 atom stereocenters. The second-order valence-corrected chi connectivity index (χ2v) is 9.19. The highest BCUT2D eigenvalue weighted by Crippen LogP contribution is 2.40. The summed E-state index contributed by atoms with van der Waals surface area (Å²) in [6.07, 6.45) is 8.27. The van der Waals surface area contributed by atoms with E-state index in [9.17, 15) is 14.0 Å². The Morgan fingerprint density at radius 2 is 1.88 bits per heavy atom. The van der Waals surface area contributed by atoms with Gasteiger partial charge in [-0.1, -0.05) is 24.6 Å². The fourth-order valence-electron chi connectivity index (χ4n) is 4.91. The standard InChI is InChI=1S/C26H33FN4O2/c27-19-11-9-18(10-12-19)22-17-23(22)29-13-3-2-7-21(26(33)31-15-4-1-5-16-31)20-8-6-14-30-24(20)25(28)32/h6,8-12,14,21-23,29H,1-5,7,13,15-17H2,(H2,28,32)/t21-,22-,23+/m0/s1. The third kappa shape index (κ3) is 5.96. The van der Waals surface area contributed by atoms with E-state index in [2.05, 4.69) is 10.3 Å². The number of hydrogen-bond donors (Lipinski definition) is 2. The number of carbonyl (C=O) groups is 2. The van der Waals surface area contributed by atoms with Crippen molar-refractivity contribution in [3.63, 3.8) is 0 Å². The average Bonchev–Trinajstić information content (AvgIpc) is 3.61. The number of rotatable bonds is 10. The van der Waals surface area contributed by atoms with Crippen molar-refractivity contribution < 1.29 is 14.0 Å². The third-order valence-corrected chi connectivity index (χ3v) is 6.83. The number of nitrogens with zero attached hydrogens (tertiary/aromatic N) is 2. The highest BCUT2D eigenvalue weighted by atomic mass is 19.1. The maximum Gasteiger partial charge on any atom is 0.267 e. The summed E-state index contributed by atoms with van der Waals surface area (Å²) in [7, 11) is 0. The molecule has 1 saturated heterocycles. The Labute approximate surface area is 194 Å². The van der Waals surface area contributed by atoms with Gasteiger partial charge in [0.1, 0.15) is 11.5 Å². The molecule has 1 aliphatic carbocycles. The number of nitrogens with two attached hydrogens (primary N) is 1. The smallest absolute Gasteiger partial charge is 0.267 e. The van der Waals surface area contributed by atoms with Gasteiger partial charge < -0.3 is 16.0 Å². The van der Waals surface area contributed by atoms with E-state index in [1.807, 2.05) is 23.1 Å². The number of aromatic nitrogens is 1. The Kier molecular flexibility index (Phi) is 7.70. The number of carbonyl (C=O) groups excluding carboxylic acids is 2. The van der Waals surface area contributed by atoms with Crippen molar-refractivity contribution in [3.8, 4) is 0 Å². The fraction of sp³-hybridized carbons (Fsp3) is 0.500. The van der Waals surface area contributed by atoms with E-state index in [-0.39, 0.29) is 17.4 Å². The quantitative estimate of drug-likeness (QED) is 0.538. The Balaban J connectivity index is 1.32. The summed E-state index contributed by atoms with van der Waals surface area (Å²) >= 11 is 0. The summed E-state index contributed by atoms with van der Waals surface area (Å²) < 4.78 is 13.1. The molecule has 33 heavy (non-hydrogen) atoms. The minimum absolute atomic E-state index is 0.0803. The van der Waals surface area contributed by atoms with Crippen molar-refractivity contribution in [1.82, 2.24) is 15.2 Å². The van der Waals surface area contributed by atoms with Gasteiger partial charge in [-0.3, -0.25) is 14.6 Å². The van der Waals surface area contributed by atoms with E-state index in [1.165, 1.54) is 17.7 Å². The van der Waals surface area contributed by atoms with Crippen LogP contribution < -0.4 is 11.1 Å². The summed E-state index contributed by atoms with van der Waals surface area (Å²) in [5, 5.41) is 3.58. The van der Waals surface area contributed by atoms with Crippen LogP contribution in [0.4, 0.5) is 4.39 Å². The lowest BCUT2D eigenvalue weighted by Crippen LogP contribution is -2.39. The van der Waals surface area contributed by atoms with Gasteiger partial charge in [0, 0.05) is 31.2 Å². The number of amides is 2. The van der Waals surface area contributed by atoms with Crippen molar-refractivity contribution in [2.75, 3.05) is 19.6 Å². The van der Waals surface area contributed by atoms with Gasteiger partial charge in [-0.2, -0.15) is 0 Å². The van der Waals surface area contributed by atoms with Crippen LogP contribution in [0.1, 0.15) is 78.4 Å². The van der Waals surface area contributed by atoms with E-state index < -0.39 is 11.8 Å². The molecule has 0 radical (unpaired) electrons. The van der Waals surface area contributed by atoms with Gasteiger partial charge in [0.05, 0.1) is 5.92 Å². The molecular formula is C26H33FN4O2. The van der Waals surface area contributed by atoms with Gasteiger partial charge in [0.25, 0.3) is 5.91 Å². The normalized spacial score (nSPS) is 20.9. The molecule has 2 heterocycles. The Bertz CT molecular complexity index is 959. The van der Waals surface area contributed by atoms with E-state index in [4.69, 9.17) is 5.73 Å². The molecule has 1 saturated carbocycles. The zero-order valence-electron chi connectivity index (χ0n) is 19.0. The van der Waals surface area contributed by atoms with Crippen molar-refractivity contribution in [3.05, 3.63) is 65.2 Å². The van der Waals surface area contributed by atoms with Gasteiger partial charge in [-0.05, 0) is 74.4 Å². The van der Waals surface area contributed by atoms with Crippen LogP contribution in [0.25, 0.3) is 0 Å². The van der Waals surface area contributed by atoms with Crippen molar-refractivity contribution in [2.24, 2.45) is 5.73 Å². The molecule has 3 N–H and O–H groups in total. The topological polar surface area (TPSA) is 88.3 Å². The minimum atomic E-state index is -0.593. The molecule has 6 nitrogen and oxygen atoms in total. The first-order valence-corrected chi connectivity index (χ1v) is 12.1. The zero-order valence-corrected chi connectivity index (χ0v) is 19.0. The molecule has 0 unspecified atom stereocenters. The number of pyridine rings is 1. The number of nitrogens with one attached hydrogen (secondary N) is 1. The van der Waals surface area contributed by atoms with E-state index >= 15 is 0 Å². The Hall–Kier alpha value is -2.80. The molecule has 2 aromatic rings. The van der Waals surface area contributed by atoms with Crippen LogP contribution in [0.3, 0.4) is 0 Å². The molecule has 2 amide bonds. The first-order valence-electron chi connectivity index (χ1n) is 12.1. The SMILES string of the molecule is NC(=O)c1ncccc1[C@H](CCCCN[C@@H]1C[C@H]1c1ccc(F)cc1)C(=O)N1CCCCC1. The Morgan fingerprint density at radius 1 is 1.12 bits per heavy atom. The van der Waals surface area contributed by atoms with Gasteiger partial charge in [-0.25, -0.2) is 4.39 Å². The fourth-order valence-corrected chi connectivity index (χ4v) is 4.91. The van der Waals surface area contributed by atoms with E-state index in [0.717, 1.165) is 58.2 Å². The predicted octanol–water partition coefficient (Wildman–Crippen LogP) is 3.73. The molecule has 2 fully saturated rings. The van der Waals surface area contributed by atoms with Crippen LogP contribution in [0.15, 0.2) is 42.6 Å². The Morgan fingerprint density at radius 3 is 2.61 bits per heavy atom. The molecule has 1 aromatic heterocycles. The highest BCUT2D eigenvalue weighted by molar-refractivity contribution is 5.95. The first-order chi connectivity index (χ1) is 16.0. The van der Waals surface area contributed by atoms with Gasteiger partial charge >= 0.3 is 0 Å². The maximum absolute atomic E-state index is 13.4. The second kappa shape index (κ2) is 10.9. The second-order valence-electron chi connectivity index (χ2n) is 9.19. The summed E-state index contributed by atoms with van der Waals surface area (Å²) in [5.74, 6) is -0.661. The molecular weight excluding hydrogens is 419 g/mol. The lowest BCUT2D eigenvalue weighted by atomic mass is 9.90. The first kappa shape index (κ1) is 23.4. The maximum atomic E-state index is 13.4. The van der Waals surface area contributed by atoms with E-state index in [1.54, 1.807) is 12.3 Å². The molecule has 4 rings (SSSR count). The van der Waals surface area contributed by atoms with E-state index in [0.29, 0.717) is 23.9 Å². The number of unbranched alkanes of at least 4 members (excludes halogenated alkanes) is 1. The largest absolute Gasteiger partial charge is 0.364 e. The monoisotopic (exact) mass is 452 g/mol. The highest BCUT2D eigenvalue weighted by Gasteiger charge is 2.37. The van der Waals surface area contributed by atoms with Crippen LogP contribution in [-0.2, 0) is 4.79 Å². The van der Waals surface area contributed by atoms with Crippen LogP contribution in [0, 0.1) is 5.82 Å². The summed E-state index contributed by atoms with van der Waals surface area (Å²) in [6.45, 7) is 2.41. The van der Waals surface area contributed by atoms with Gasteiger partial charge in [0.15, 0.2) is 0 Å². The van der Waals surface area contributed by atoms with Crippen LogP contribution in [0.2, 0.25) is 0 Å². The molecule has 0 spiro atoms. The molecule has 176 valence electrons. The number of halogens is 1. The van der Waals surface area contributed by atoms with Gasteiger partial charge in [0.2, 0.25) is 5.91 Å². The van der Waals surface area contributed by atoms with Gasteiger partial charge in [-0.15, -0.1) is 0 Å². The molecule has 1 aromatic carbocycles.